The van der Waals surface area contributed by atoms with E-state index in [-0.39, 0.29) is 25.2 Å². The van der Waals surface area contributed by atoms with E-state index in [0.29, 0.717) is 13.1 Å². The maximum absolute atomic E-state index is 13.2. The van der Waals surface area contributed by atoms with Crippen LogP contribution in [0, 0.1) is 0 Å². The van der Waals surface area contributed by atoms with Crippen molar-refractivity contribution in [2.75, 3.05) is 31.1 Å². The van der Waals surface area contributed by atoms with Gasteiger partial charge in [-0.25, -0.2) is 4.79 Å². The number of hydrogen-bond acceptors (Lipinski definition) is 6. The molecule has 0 bridgehead atoms. The fraction of sp³-hybridized carbons (Fsp3) is 0.538. The number of carboxylic acid groups (broad SMARTS) is 1. The van der Waals surface area contributed by atoms with Crippen molar-refractivity contribution in [3.8, 4) is 0 Å². The van der Waals surface area contributed by atoms with Crippen LogP contribution in [0.2, 0.25) is 0 Å². The van der Waals surface area contributed by atoms with Crippen LogP contribution in [0.4, 0.5) is 18.9 Å². The van der Waals surface area contributed by atoms with Crippen molar-refractivity contribution in [2.45, 2.75) is 19.5 Å². The highest BCUT2D eigenvalue weighted by atomic mass is 19.4. The van der Waals surface area contributed by atoms with Crippen molar-refractivity contribution in [1.82, 2.24) is 15.5 Å². The lowest BCUT2D eigenvalue weighted by Gasteiger charge is -2.32. The Kier molecular flexibility index (Phi) is 4.83. The molecular formula is C13H15F3N4O3. The standard InChI is InChI=1S/C13H15F3N4O3/c1-2-7(21)8-10(20-5-3-17-4-6-20)9(12(22)23)18-19-11(8)13(14,15)16/h17H,2-6H2,1H3,(H,22,23). The maximum Gasteiger partial charge on any atom is 0.435 e. The van der Waals surface area contributed by atoms with Gasteiger partial charge in [0.15, 0.2) is 17.2 Å². The Hall–Kier alpha value is -2.23. The normalized spacial score (nSPS) is 15.6. The van der Waals surface area contributed by atoms with Gasteiger partial charge >= 0.3 is 12.1 Å². The van der Waals surface area contributed by atoms with Crippen LogP contribution in [0.5, 0.6) is 0 Å². The van der Waals surface area contributed by atoms with E-state index in [2.05, 4.69) is 15.5 Å². The van der Waals surface area contributed by atoms with Crippen molar-refractivity contribution in [3.05, 3.63) is 17.0 Å². The molecule has 126 valence electrons. The van der Waals surface area contributed by atoms with Crippen molar-refractivity contribution in [2.24, 2.45) is 0 Å². The molecular weight excluding hydrogens is 317 g/mol. The minimum absolute atomic E-state index is 0.201. The lowest BCUT2D eigenvalue weighted by atomic mass is 10.0. The third-order valence-electron chi connectivity index (χ3n) is 3.45. The average Bonchev–Trinajstić information content (AvgIpc) is 2.52. The number of carbonyl (C=O) groups is 2. The minimum Gasteiger partial charge on any atom is -0.476 e. The molecule has 1 saturated heterocycles. The number of Topliss-reactive ketones (excluding diaryl/α,β-unsaturated/α-hetero) is 1. The number of aromatic carboxylic acids is 1. The van der Waals surface area contributed by atoms with E-state index >= 15 is 0 Å². The van der Waals surface area contributed by atoms with Crippen LogP contribution in [-0.4, -0.2) is 53.2 Å². The molecule has 0 radical (unpaired) electrons. The van der Waals surface area contributed by atoms with E-state index in [1.54, 1.807) is 0 Å². The van der Waals surface area contributed by atoms with Gasteiger partial charge in [0, 0.05) is 32.6 Å². The van der Waals surface area contributed by atoms with Gasteiger partial charge in [0.05, 0.1) is 11.3 Å². The maximum atomic E-state index is 13.2. The summed E-state index contributed by atoms with van der Waals surface area (Å²) >= 11 is 0. The van der Waals surface area contributed by atoms with Gasteiger partial charge < -0.3 is 15.3 Å². The molecule has 2 rings (SSSR count). The fourth-order valence-corrected chi connectivity index (χ4v) is 2.41. The molecule has 0 aliphatic carbocycles. The van der Waals surface area contributed by atoms with Gasteiger partial charge in [0.25, 0.3) is 0 Å². The van der Waals surface area contributed by atoms with Crippen molar-refractivity contribution in [3.63, 3.8) is 0 Å². The number of ketones is 1. The van der Waals surface area contributed by atoms with Crippen LogP contribution in [0.15, 0.2) is 0 Å². The second-order valence-corrected chi connectivity index (χ2v) is 4.94. The molecule has 2 N–H and O–H groups in total. The van der Waals surface area contributed by atoms with Gasteiger partial charge in [-0.05, 0) is 0 Å². The number of alkyl halides is 3. The summed E-state index contributed by atoms with van der Waals surface area (Å²) in [5.74, 6) is -2.34. The minimum atomic E-state index is -4.90. The number of rotatable bonds is 4. The number of aromatic nitrogens is 2. The molecule has 1 aromatic heterocycles. The molecule has 1 fully saturated rings. The number of anilines is 1. The summed E-state index contributed by atoms with van der Waals surface area (Å²) in [6, 6.07) is 0. The van der Waals surface area contributed by atoms with Gasteiger partial charge in [0.1, 0.15) is 0 Å². The number of halogens is 3. The summed E-state index contributed by atoms with van der Waals surface area (Å²) in [5, 5.41) is 18.4. The highest BCUT2D eigenvalue weighted by Crippen LogP contribution is 2.36. The zero-order chi connectivity index (χ0) is 17.2. The van der Waals surface area contributed by atoms with Crippen molar-refractivity contribution in [1.29, 1.82) is 0 Å². The van der Waals surface area contributed by atoms with Gasteiger partial charge in [0.2, 0.25) is 0 Å². The van der Waals surface area contributed by atoms with E-state index in [9.17, 15) is 27.9 Å². The second-order valence-electron chi connectivity index (χ2n) is 4.94. The average molecular weight is 332 g/mol. The molecule has 1 aromatic rings. The van der Waals surface area contributed by atoms with E-state index in [1.165, 1.54) is 11.8 Å². The number of nitrogens with one attached hydrogen (secondary N) is 1. The van der Waals surface area contributed by atoms with Crippen molar-refractivity contribution >= 4 is 17.4 Å². The zero-order valence-corrected chi connectivity index (χ0v) is 12.3. The smallest absolute Gasteiger partial charge is 0.435 e. The third-order valence-corrected chi connectivity index (χ3v) is 3.45. The van der Waals surface area contributed by atoms with E-state index < -0.39 is 34.9 Å². The predicted octanol–water partition coefficient (Wildman–Crippen LogP) is 1.20. The Balaban J connectivity index is 2.75. The lowest BCUT2D eigenvalue weighted by Crippen LogP contribution is -2.45. The second kappa shape index (κ2) is 6.49. The Labute approximate surface area is 129 Å². The monoisotopic (exact) mass is 332 g/mol. The first-order chi connectivity index (χ1) is 10.8. The van der Waals surface area contributed by atoms with Gasteiger partial charge in [-0.1, -0.05) is 6.92 Å². The molecule has 2 heterocycles. The quantitative estimate of drug-likeness (QED) is 0.800. The Bertz CT molecular complexity index is 628. The fourth-order valence-electron chi connectivity index (χ4n) is 2.41. The summed E-state index contributed by atoms with van der Waals surface area (Å²) in [6.07, 6.45) is -5.10. The molecule has 1 aliphatic rings. The molecule has 23 heavy (non-hydrogen) atoms. The first kappa shape index (κ1) is 17.1. The van der Waals surface area contributed by atoms with E-state index in [0.717, 1.165) is 0 Å². The third kappa shape index (κ3) is 3.41. The Morgan fingerprint density at radius 3 is 2.35 bits per heavy atom. The van der Waals surface area contributed by atoms with Crippen molar-refractivity contribution < 1.29 is 27.9 Å². The highest BCUT2D eigenvalue weighted by Gasteiger charge is 2.41. The largest absolute Gasteiger partial charge is 0.476 e. The van der Waals surface area contributed by atoms with Crippen LogP contribution in [-0.2, 0) is 6.18 Å². The number of piperazine rings is 1. The molecule has 0 unspecified atom stereocenters. The summed E-state index contributed by atoms with van der Waals surface area (Å²) < 4.78 is 39.6. The Morgan fingerprint density at radius 2 is 1.87 bits per heavy atom. The molecule has 0 saturated carbocycles. The summed E-state index contributed by atoms with van der Waals surface area (Å²) in [6.45, 7) is 2.87. The SMILES string of the molecule is CCC(=O)c1c(C(F)(F)F)nnc(C(=O)O)c1N1CCNCC1. The van der Waals surface area contributed by atoms with Crippen LogP contribution >= 0.6 is 0 Å². The number of hydrogen-bond donors (Lipinski definition) is 2. The molecule has 0 amide bonds. The summed E-state index contributed by atoms with van der Waals surface area (Å²) in [4.78, 5) is 24.9. The molecule has 10 heteroatoms. The zero-order valence-electron chi connectivity index (χ0n) is 12.3. The molecule has 0 aromatic carbocycles. The first-order valence-corrected chi connectivity index (χ1v) is 6.97. The van der Waals surface area contributed by atoms with E-state index in [4.69, 9.17) is 0 Å². The predicted molar refractivity (Wildman–Crippen MR) is 73.7 cm³/mol. The van der Waals surface area contributed by atoms with Crippen LogP contribution in [0.1, 0.15) is 39.9 Å². The molecule has 0 spiro atoms. The number of carbonyl (C=O) groups excluding carboxylic acids is 1. The number of carboxylic acids is 1. The van der Waals surface area contributed by atoms with Crippen LogP contribution in [0.25, 0.3) is 0 Å². The van der Waals surface area contributed by atoms with Crippen LogP contribution < -0.4 is 10.2 Å². The van der Waals surface area contributed by atoms with Crippen LogP contribution in [0.3, 0.4) is 0 Å². The Morgan fingerprint density at radius 1 is 1.26 bits per heavy atom. The lowest BCUT2D eigenvalue weighted by molar-refractivity contribution is -0.142. The molecule has 0 atom stereocenters. The number of nitrogens with zero attached hydrogens (tertiary/aromatic N) is 3. The highest BCUT2D eigenvalue weighted by molar-refractivity contribution is 6.06. The summed E-state index contributed by atoms with van der Waals surface area (Å²) in [5.41, 5.74) is -3.10. The summed E-state index contributed by atoms with van der Waals surface area (Å²) in [7, 11) is 0. The topological polar surface area (TPSA) is 95.4 Å². The molecule has 7 nitrogen and oxygen atoms in total. The van der Waals surface area contributed by atoms with Gasteiger partial charge in [-0.15, -0.1) is 10.2 Å². The van der Waals surface area contributed by atoms with Gasteiger partial charge in [-0.2, -0.15) is 13.2 Å². The molecule has 1 aliphatic heterocycles. The first-order valence-electron chi connectivity index (χ1n) is 6.97. The van der Waals surface area contributed by atoms with E-state index in [1.807, 2.05) is 0 Å². The van der Waals surface area contributed by atoms with Gasteiger partial charge in [-0.3, -0.25) is 4.79 Å².